The highest BCUT2D eigenvalue weighted by molar-refractivity contribution is 6.31. The van der Waals surface area contributed by atoms with Crippen LogP contribution in [0.4, 0.5) is 16.3 Å². The number of esters is 1. The van der Waals surface area contributed by atoms with Crippen LogP contribution in [0, 0.1) is 12.8 Å². The van der Waals surface area contributed by atoms with Crippen molar-refractivity contribution in [2.24, 2.45) is 5.92 Å². The lowest BCUT2D eigenvalue weighted by molar-refractivity contribution is 0.0593. The molecular formula is C21H26ClN5O3. The van der Waals surface area contributed by atoms with Crippen LogP contribution in [0.1, 0.15) is 29.9 Å². The number of rotatable bonds is 4. The lowest BCUT2D eigenvalue weighted by Crippen LogP contribution is -2.58. The summed E-state index contributed by atoms with van der Waals surface area (Å²) in [7, 11) is 1.31. The smallest absolute Gasteiger partial charge is 0.358 e. The minimum atomic E-state index is -0.521. The number of methoxy groups -OCH3 is 1. The fourth-order valence-corrected chi connectivity index (χ4v) is 3.62. The number of anilines is 2. The molecule has 30 heavy (non-hydrogen) atoms. The maximum Gasteiger partial charge on any atom is 0.358 e. The molecule has 1 aliphatic heterocycles. The highest BCUT2D eigenvalue weighted by atomic mass is 35.5. The van der Waals surface area contributed by atoms with Crippen LogP contribution in [0.2, 0.25) is 5.02 Å². The number of ether oxygens (including phenoxy) is 1. The van der Waals surface area contributed by atoms with Gasteiger partial charge in [-0.3, -0.25) is 0 Å². The van der Waals surface area contributed by atoms with Crippen molar-refractivity contribution in [3.8, 4) is 0 Å². The van der Waals surface area contributed by atoms with Gasteiger partial charge >= 0.3 is 12.0 Å². The second-order valence-electron chi connectivity index (χ2n) is 7.59. The van der Waals surface area contributed by atoms with Crippen molar-refractivity contribution in [2.75, 3.05) is 37.0 Å². The number of urea groups is 1. The number of benzene rings is 1. The van der Waals surface area contributed by atoms with E-state index in [2.05, 4.69) is 38.8 Å². The van der Waals surface area contributed by atoms with E-state index in [0.29, 0.717) is 36.2 Å². The maximum absolute atomic E-state index is 13.0. The van der Waals surface area contributed by atoms with E-state index in [1.54, 1.807) is 18.3 Å². The quantitative estimate of drug-likeness (QED) is 0.744. The van der Waals surface area contributed by atoms with Crippen molar-refractivity contribution in [1.82, 2.24) is 14.9 Å². The predicted octanol–water partition coefficient (Wildman–Crippen LogP) is 3.60. The van der Waals surface area contributed by atoms with Crippen molar-refractivity contribution < 1.29 is 14.3 Å². The minimum absolute atomic E-state index is 0.0136. The van der Waals surface area contributed by atoms with Crippen LogP contribution in [0.5, 0.6) is 0 Å². The van der Waals surface area contributed by atoms with E-state index in [9.17, 15) is 9.59 Å². The van der Waals surface area contributed by atoms with Crippen molar-refractivity contribution in [2.45, 2.75) is 26.8 Å². The number of halogens is 1. The van der Waals surface area contributed by atoms with Gasteiger partial charge in [0.05, 0.1) is 25.5 Å². The van der Waals surface area contributed by atoms with Gasteiger partial charge in [-0.25, -0.2) is 19.6 Å². The first-order chi connectivity index (χ1) is 14.3. The molecule has 9 heteroatoms. The molecule has 0 aliphatic carbocycles. The Balaban J connectivity index is 1.73. The number of amides is 2. The molecular weight excluding hydrogens is 406 g/mol. The Morgan fingerprint density at radius 1 is 1.23 bits per heavy atom. The minimum Gasteiger partial charge on any atom is -0.464 e. The molecule has 1 saturated heterocycles. The van der Waals surface area contributed by atoms with Gasteiger partial charge in [0.2, 0.25) is 0 Å². The predicted molar refractivity (Wildman–Crippen MR) is 116 cm³/mol. The monoisotopic (exact) mass is 431 g/mol. The third-order valence-electron chi connectivity index (χ3n) is 5.25. The molecule has 8 nitrogen and oxygen atoms in total. The average molecular weight is 432 g/mol. The van der Waals surface area contributed by atoms with E-state index < -0.39 is 5.97 Å². The van der Waals surface area contributed by atoms with Gasteiger partial charge in [0.15, 0.2) is 5.69 Å². The van der Waals surface area contributed by atoms with E-state index in [4.69, 9.17) is 11.6 Å². The SMILES string of the molecule is COC(=O)c1cnc(N2CCN(C(=O)Nc3cc(Cl)ccc3C)C(C(C)C)C2)cn1. The Hall–Kier alpha value is -2.87. The molecule has 0 saturated carbocycles. The third kappa shape index (κ3) is 4.81. The molecule has 1 atom stereocenters. The maximum atomic E-state index is 13.0. The standard InChI is InChI=1S/C21H26ClN5O3/c1-13(2)18-12-26(19-11-23-17(10-24-19)20(28)30-4)7-8-27(18)21(29)25-16-9-15(22)6-5-14(16)3/h5-6,9-11,13,18H,7-8,12H2,1-4H3,(H,25,29). The van der Waals surface area contributed by atoms with Gasteiger partial charge < -0.3 is 19.9 Å². The summed E-state index contributed by atoms with van der Waals surface area (Å²) < 4.78 is 4.66. The number of nitrogens with zero attached hydrogens (tertiary/aromatic N) is 4. The second kappa shape index (κ2) is 9.30. The zero-order valence-electron chi connectivity index (χ0n) is 17.6. The summed E-state index contributed by atoms with van der Waals surface area (Å²) in [6.45, 7) is 7.87. The largest absolute Gasteiger partial charge is 0.464 e. The summed E-state index contributed by atoms with van der Waals surface area (Å²) in [5.41, 5.74) is 1.83. The van der Waals surface area contributed by atoms with E-state index in [1.807, 2.05) is 17.9 Å². The molecule has 1 aliphatic rings. The Bertz CT molecular complexity index is 919. The Morgan fingerprint density at radius 3 is 2.63 bits per heavy atom. The molecule has 1 aromatic heterocycles. The number of piperazine rings is 1. The number of carbonyl (C=O) groups is 2. The first-order valence-corrected chi connectivity index (χ1v) is 10.2. The molecule has 0 spiro atoms. The second-order valence-corrected chi connectivity index (χ2v) is 8.03. The molecule has 2 aromatic rings. The zero-order chi connectivity index (χ0) is 21.8. The summed E-state index contributed by atoms with van der Waals surface area (Å²) >= 11 is 6.08. The van der Waals surface area contributed by atoms with Crippen molar-refractivity contribution in [3.63, 3.8) is 0 Å². The topological polar surface area (TPSA) is 87.7 Å². The number of hydrogen-bond donors (Lipinski definition) is 1. The summed E-state index contributed by atoms with van der Waals surface area (Å²) in [4.78, 5) is 37.0. The van der Waals surface area contributed by atoms with Crippen LogP contribution in [0.3, 0.4) is 0 Å². The lowest BCUT2D eigenvalue weighted by atomic mass is 10.00. The van der Waals surface area contributed by atoms with Gasteiger partial charge in [0, 0.05) is 30.3 Å². The molecule has 2 heterocycles. The van der Waals surface area contributed by atoms with E-state index >= 15 is 0 Å². The molecule has 1 aromatic carbocycles. The summed E-state index contributed by atoms with van der Waals surface area (Å²) in [6, 6.07) is 5.28. The normalized spacial score (nSPS) is 16.5. The Kier molecular flexibility index (Phi) is 6.77. The average Bonchev–Trinajstić information content (AvgIpc) is 2.75. The van der Waals surface area contributed by atoms with Crippen LogP contribution in [-0.4, -0.2) is 59.7 Å². The highest BCUT2D eigenvalue weighted by Gasteiger charge is 2.33. The molecule has 1 unspecified atom stereocenters. The van der Waals surface area contributed by atoms with E-state index in [1.165, 1.54) is 13.3 Å². The first-order valence-electron chi connectivity index (χ1n) is 9.79. The molecule has 2 amide bonds. The van der Waals surface area contributed by atoms with Crippen LogP contribution in [0.15, 0.2) is 30.6 Å². The zero-order valence-corrected chi connectivity index (χ0v) is 18.3. The summed E-state index contributed by atoms with van der Waals surface area (Å²) in [5, 5.41) is 3.57. The molecule has 3 rings (SSSR count). The summed E-state index contributed by atoms with van der Waals surface area (Å²) in [5.74, 6) is 0.382. The molecule has 160 valence electrons. The van der Waals surface area contributed by atoms with Crippen LogP contribution >= 0.6 is 11.6 Å². The summed E-state index contributed by atoms with van der Waals surface area (Å²) in [6.07, 6.45) is 2.97. The van der Waals surface area contributed by atoms with Gasteiger partial charge in [-0.15, -0.1) is 0 Å². The fourth-order valence-electron chi connectivity index (χ4n) is 3.45. The first kappa shape index (κ1) is 21.8. The Morgan fingerprint density at radius 2 is 2.00 bits per heavy atom. The number of aryl methyl sites for hydroxylation is 1. The van der Waals surface area contributed by atoms with Gasteiger partial charge in [-0.05, 0) is 30.5 Å². The van der Waals surface area contributed by atoms with Gasteiger partial charge in [0.25, 0.3) is 0 Å². The lowest BCUT2D eigenvalue weighted by Gasteiger charge is -2.43. The van der Waals surface area contributed by atoms with E-state index in [0.717, 1.165) is 5.56 Å². The third-order valence-corrected chi connectivity index (χ3v) is 5.48. The van der Waals surface area contributed by atoms with Crippen molar-refractivity contribution in [3.05, 3.63) is 46.9 Å². The van der Waals surface area contributed by atoms with Crippen LogP contribution < -0.4 is 10.2 Å². The van der Waals surface area contributed by atoms with Crippen molar-refractivity contribution >= 4 is 35.1 Å². The van der Waals surface area contributed by atoms with Gasteiger partial charge in [0.1, 0.15) is 5.82 Å². The van der Waals surface area contributed by atoms with Gasteiger partial charge in [-0.1, -0.05) is 31.5 Å². The highest BCUT2D eigenvalue weighted by Crippen LogP contribution is 2.24. The number of aromatic nitrogens is 2. The number of nitrogens with one attached hydrogen (secondary N) is 1. The number of carbonyl (C=O) groups excluding carboxylic acids is 2. The van der Waals surface area contributed by atoms with E-state index in [-0.39, 0.29) is 23.7 Å². The van der Waals surface area contributed by atoms with Crippen LogP contribution in [0.25, 0.3) is 0 Å². The van der Waals surface area contributed by atoms with Gasteiger partial charge in [-0.2, -0.15) is 0 Å². The molecule has 0 bridgehead atoms. The molecule has 0 radical (unpaired) electrons. The molecule has 1 N–H and O–H groups in total. The van der Waals surface area contributed by atoms with Crippen LogP contribution in [-0.2, 0) is 4.74 Å². The van der Waals surface area contributed by atoms with Crippen molar-refractivity contribution in [1.29, 1.82) is 0 Å². The Labute approximate surface area is 181 Å². The fraction of sp³-hybridized carbons (Fsp3) is 0.429. The molecule has 1 fully saturated rings. The number of hydrogen-bond acceptors (Lipinski definition) is 6.